The number of hydrogen-bond acceptors (Lipinski definition) is 6. The van der Waals surface area contributed by atoms with Gasteiger partial charge in [-0.2, -0.15) is 15.0 Å². The Morgan fingerprint density at radius 1 is 1.29 bits per heavy atom. The van der Waals surface area contributed by atoms with Crippen molar-refractivity contribution in [1.82, 2.24) is 15.0 Å². The second kappa shape index (κ2) is 4.59. The zero-order chi connectivity index (χ0) is 10.6. The normalized spacial score (nSPS) is 9.93. The molecule has 1 heterocycles. The van der Waals surface area contributed by atoms with E-state index < -0.39 is 0 Å². The molecule has 1 rings (SSSR count). The summed E-state index contributed by atoms with van der Waals surface area (Å²) in [5.41, 5.74) is 5.50. The molecule has 14 heavy (non-hydrogen) atoms. The van der Waals surface area contributed by atoms with E-state index in [1.165, 1.54) is 0 Å². The highest BCUT2D eigenvalue weighted by Gasteiger charge is 2.06. The van der Waals surface area contributed by atoms with Crippen LogP contribution in [0.3, 0.4) is 0 Å². The minimum atomic E-state index is 0.176. The Balaban J connectivity index is 2.84. The minimum Gasteiger partial charge on any atom is -0.463 e. The van der Waals surface area contributed by atoms with Crippen LogP contribution in [0.15, 0.2) is 0 Å². The van der Waals surface area contributed by atoms with Crippen molar-refractivity contribution in [2.45, 2.75) is 13.3 Å². The third-order valence-electron chi connectivity index (χ3n) is 1.46. The molecular weight excluding hydrogens is 182 g/mol. The average Bonchev–Trinajstić information content (AvgIpc) is 2.14. The van der Waals surface area contributed by atoms with Gasteiger partial charge >= 0.3 is 6.01 Å². The lowest BCUT2D eigenvalue weighted by Crippen LogP contribution is -2.15. The van der Waals surface area contributed by atoms with E-state index in [1.807, 2.05) is 21.0 Å². The van der Waals surface area contributed by atoms with Crippen molar-refractivity contribution in [2.75, 3.05) is 31.3 Å². The van der Waals surface area contributed by atoms with Gasteiger partial charge in [-0.25, -0.2) is 0 Å². The predicted molar refractivity (Wildman–Crippen MR) is 54.4 cm³/mol. The molecule has 0 aromatic carbocycles. The summed E-state index contributed by atoms with van der Waals surface area (Å²) >= 11 is 0. The third-order valence-corrected chi connectivity index (χ3v) is 1.46. The lowest BCUT2D eigenvalue weighted by molar-refractivity contribution is 0.292. The van der Waals surface area contributed by atoms with E-state index >= 15 is 0 Å². The van der Waals surface area contributed by atoms with Gasteiger partial charge in [0.05, 0.1) is 6.61 Å². The molecule has 0 aliphatic carbocycles. The Morgan fingerprint density at radius 2 is 2.00 bits per heavy atom. The van der Waals surface area contributed by atoms with Gasteiger partial charge < -0.3 is 15.4 Å². The van der Waals surface area contributed by atoms with Crippen LogP contribution >= 0.6 is 0 Å². The van der Waals surface area contributed by atoms with Gasteiger partial charge in [0.15, 0.2) is 0 Å². The van der Waals surface area contributed by atoms with Crippen molar-refractivity contribution in [2.24, 2.45) is 0 Å². The first kappa shape index (κ1) is 10.5. The van der Waals surface area contributed by atoms with E-state index in [-0.39, 0.29) is 12.0 Å². The molecule has 0 aliphatic rings. The topological polar surface area (TPSA) is 77.2 Å². The summed E-state index contributed by atoms with van der Waals surface area (Å²) in [6.45, 7) is 2.59. The van der Waals surface area contributed by atoms with E-state index in [9.17, 15) is 0 Å². The van der Waals surface area contributed by atoms with Crippen LogP contribution in [0.4, 0.5) is 11.9 Å². The summed E-state index contributed by atoms with van der Waals surface area (Å²) in [5, 5.41) is 0. The van der Waals surface area contributed by atoms with Gasteiger partial charge in [0, 0.05) is 14.1 Å². The van der Waals surface area contributed by atoms with E-state index in [0.29, 0.717) is 12.6 Å². The number of hydrogen-bond donors (Lipinski definition) is 1. The van der Waals surface area contributed by atoms with Crippen molar-refractivity contribution in [1.29, 1.82) is 0 Å². The van der Waals surface area contributed by atoms with E-state index in [1.54, 1.807) is 4.90 Å². The fourth-order valence-corrected chi connectivity index (χ4v) is 0.819. The van der Waals surface area contributed by atoms with Gasteiger partial charge in [-0.1, -0.05) is 6.92 Å². The molecule has 78 valence electrons. The summed E-state index contributed by atoms with van der Waals surface area (Å²) in [7, 11) is 3.66. The zero-order valence-electron chi connectivity index (χ0n) is 8.69. The van der Waals surface area contributed by atoms with Gasteiger partial charge in [-0.05, 0) is 6.42 Å². The van der Waals surface area contributed by atoms with Gasteiger partial charge in [0.1, 0.15) is 0 Å². The van der Waals surface area contributed by atoms with Crippen LogP contribution in [0, 0.1) is 0 Å². The molecule has 0 unspecified atom stereocenters. The van der Waals surface area contributed by atoms with Gasteiger partial charge in [-0.15, -0.1) is 0 Å². The van der Waals surface area contributed by atoms with Crippen LogP contribution in [-0.2, 0) is 0 Å². The van der Waals surface area contributed by atoms with Crippen LogP contribution in [-0.4, -0.2) is 35.7 Å². The van der Waals surface area contributed by atoms with Crippen molar-refractivity contribution in [3.05, 3.63) is 0 Å². The first-order valence-corrected chi connectivity index (χ1v) is 4.45. The highest BCUT2D eigenvalue weighted by Crippen LogP contribution is 2.10. The molecule has 0 fully saturated rings. The number of anilines is 2. The fourth-order valence-electron chi connectivity index (χ4n) is 0.819. The lowest BCUT2D eigenvalue weighted by atomic mass is 10.5. The molecule has 0 amide bonds. The highest BCUT2D eigenvalue weighted by atomic mass is 16.5. The maximum Gasteiger partial charge on any atom is 0.323 e. The van der Waals surface area contributed by atoms with Gasteiger partial charge in [0.25, 0.3) is 0 Å². The standard InChI is InChI=1S/C8H15N5O/c1-4-5-14-8-11-6(9)10-7(12-8)13(2)3/h4-5H2,1-3H3,(H2,9,10,11,12). The number of ether oxygens (including phenoxy) is 1. The Kier molecular flexibility index (Phi) is 3.44. The molecule has 2 N–H and O–H groups in total. The molecule has 0 bridgehead atoms. The largest absolute Gasteiger partial charge is 0.463 e. The number of nitrogen functional groups attached to an aromatic ring is 1. The monoisotopic (exact) mass is 197 g/mol. The molecule has 0 atom stereocenters. The molecule has 6 nitrogen and oxygen atoms in total. The molecule has 0 radical (unpaired) electrons. The molecule has 0 aliphatic heterocycles. The summed E-state index contributed by atoms with van der Waals surface area (Å²) < 4.78 is 5.26. The van der Waals surface area contributed by atoms with Crippen LogP contribution in [0.5, 0.6) is 6.01 Å². The Labute approximate surface area is 83.1 Å². The number of rotatable bonds is 4. The van der Waals surface area contributed by atoms with Gasteiger partial charge in [0.2, 0.25) is 11.9 Å². The van der Waals surface area contributed by atoms with E-state index in [0.717, 1.165) is 6.42 Å². The second-order valence-electron chi connectivity index (χ2n) is 3.02. The zero-order valence-corrected chi connectivity index (χ0v) is 8.69. The van der Waals surface area contributed by atoms with Crippen LogP contribution in [0.2, 0.25) is 0 Å². The summed E-state index contributed by atoms with van der Waals surface area (Å²) in [4.78, 5) is 13.6. The number of nitrogens with zero attached hydrogens (tertiary/aromatic N) is 4. The first-order chi connectivity index (χ1) is 6.63. The smallest absolute Gasteiger partial charge is 0.323 e. The molecule has 1 aromatic rings. The van der Waals surface area contributed by atoms with Crippen molar-refractivity contribution >= 4 is 11.9 Å². The lowest BCUT2D eigenvalue weighted by Gasteiger charge is -2.11. The maximum absolute atomic E-state index is 5.50. The molecule has 6 heteroatoms. The molecular formula is C8H15N5O. The summed E-state index contributed by atoms with van der Waals surface area (Å²) in [6, 6.07) is 0.281. The van der Waals surface area contributed by atoms with Crippen molar-refractivity contribution in [3.63, 3.8) is 0 Å². The Bertz CT molecular complexity index is 302. The summed E-state index contributed by atoms with van der Waals surface area (Å²) in [6.07, 6.45) is 0.906. The average molecular weight is 197 g/mol. The predicted octanol–water partition coefficient (Wildman–Crippen LogP) is 0.309. The quantitative estimate of drug-likeness (QED) is 0.748. The van der Waals surface area contributed by atoms with Crippen molar-refractivity contribution in [3.8, 4) is 6.01 Å². The Hall–Kier alpha value is -1.59. The van der Waals surface area contributed by atoms with Gasteiger partial charge in [-0.3, -0.25) is 0 Å². The van der Waals surface area contributed by atoms with Crippen LogP contribution in [0.1, 0.15) is 13.3 Å². The molecule has 1 aromatic heterocycles. The van der Waals surface area contributed by atoms with E-state index in [2.05, 4.69) is 15.0 Å². The number of aromatic nitrogens is 3. The molecule has 0 saturated heterocycles. The number of nitrogens with two attached hydrogens (primary N) is 1. The highest BCUT2D eigenvalue weighted by molar-refractivity contribution is 5.33. The molecule has 0 spiro atoms. The van der Waals surface area contributed by atoms with E-state index in [4.69, 9.17) is 10.5 Å². The first-order valence-electron chi connectivity index (χ1n) is 4.45. The molecule has 0 saturated carbocycles. The maximum atomic E-state index is 5.50. The summed E-state index contributed by atoms with van der Waals surface area (Å²) in [5.74, 6) is 0.679. The van der Waals surface area contributed by atoms with Crippen LogP contribution in [0.25, 0.3) is 0 Å². The minimum absolute atomic E-state index is 0.176. The SMILES string of the molecule is CCCOc1nc(N)nc(N(C)C)n1. The Morgan fingerprint density at radius 3 is 2.57 bits per heavy atom. The third kappa shape index (κ3) is 2.72. The van der Waals surface area contributed by atoms with Crippen LogP contribution < -0.4 is 15.4 Å². The second-order valence-corrected chi connectivity index (χ2v) is 3.02. The van der Waals surface area contributed by atoms with Crippen molar-refractivity contribution < 1.29 is 4.74 Å². The fraction of sp³-hybridized carbons (Fsp3) is 0.625.